The molecule has 7 heteroatoms. The van der Waals surface area contributed by atoms with E-state index in [1.54, 1.807) is 6.20 Å². The lowest BCUT2D eigenvalue weighted by Gasteiger charge is -2.36. The predicted octanol–water partition coefficient (Wildman–Crippen LogP) is 2.92. The van der Waals surface area contributed by atoms with Gasteiger partial charge in [0.1, 0.15) is 0 Å². The van der Waals surface area contributed by atoms with E-state index in [1.165, 1.54) is 17.3 Å². The van der Waals surface area contributed by atoms with E-state index in [4.69, 9.17) is 0 Å². The summed E-state index contributed by atoms with van der Waals surface area (Å²) in [6.45, 7) is 4.20. The van der Waals surface area contributed by atoms with Crippen LogP contribution in [-0.2, 0) is 4.79 Å². The molecule has 0 radical (unpaired) electrons. The van der Waals surface area contributed by atoms with Crippen molar-refractivity contribution in [3.8, 4) is 0 Å². The highest BCUT2D eigenvalue weighted by atomic mass is 16.4. The molecule has 2 saturated heterocycles. The molecule has 1 aromatic carbocycles. The molecule has 2 aliphatic heterocycles. The van der Waals surface area contributed by atoms with Crippen LogP contribution in [0.15, 0.2) is 36.7 Å². The van der Waals surface area contributed by atoms with Gasteiger partial charge in [-0.2, -0.15) is 0 Å². The Bertz CT molecular complexity index is 990. The van der Waals surface area contributed by atoms with Crippen LogP contribution in [0.3, 0.4) is 0 Å². The Hall–Kier alpha value is -2.96. The number of likely N-dealkylation sites (tertiary alicyclic amines) is 1. The van der Waals surface area contributed by atoms with E-state index in [0.717, 1.165) is 25.8 Å². The molecular formula is C23H26N4O3. The summed E-state index contributed by atoms with van der Waals surface area (Å²) >= 11 is 0. The van der Waals surface area contributed by atoms with E-state index in [-0.39, 0.29) is 23.6 Å². The van der Waals surface area contributed by atoms with E-state index in [0.29, 0.717) is 30.7 Å². The molecule has 3 fully saturated rings. The van der Waals surface area contributed by atoms with Crippen molar-refractivity contribution in [2.24, 2.45) is 17.8 Å². The minimum absolute atomic E-state index is 0.00712. The molecule has 1 aromatic heterocycles. The number of fused-ring (bicyclic) bond motifs is 1. The maximum atomic E-state index is 13.3. The molecule has 1 saturated carbocycles. The van der Waals surface area contributed by atoms with Crippen LogP contribution in [0.2, 0.25) is 0 Å². The van der Waals surface area contributed by atoms with Crippen LogP contribution in [0.5, 0.6) is 0 Å². The number of aryl methyl sites for hydroxylation is 1. The highest BCUT2D eigenvalue weighted by Crippen LogP contribution is 2.48. The number of rotatable bonds is 4. The summed E-state index contributed by atoms with van der Waals surface area (Å²) in [7, 11) is 0. The first-order chi connectivity index (χ1) is 14.5. The van der Waals surface area contributed by atoms with Crippen LogP contribution in [0, 0.1) is 24.7 Å². The van der Waals surface area contributed by atoms with E-state index in [1.807, 2.05) is 17.0 Å². The summed E-state index contributed by atoms with van der Waals surface area (Å²) in [5.74, 6) is 0.375. The van der Waals surface area contributed by atoms with Crippen LogP contribution in [0.25, 0.3) is 0 Å². The van der Waals surface area contributed by atoms with Gasteiger partial charge < -0.3 is 14.9 Å². The van der Waals surface area contributed by atoms with E-state index >= 15 is 0 Å². The lowest BCUT2D eigenvalue weighted by Crippen LogP contribution is -2.41. The van der Waals surface area contributed by atoms with Crippen LogP contribution < -0.4 is 4.90 Å². The number of aromatic carboxylic acids is 1. The van der Waals surface area contributed by atoms with Gasteiger partial charge in [0, 0.05) is 49.8 Å². The molecule has 0 unspecified atom stereocenters. The molecule has 1 aliphatic carbocycles. The number of nitrogens with zero attached hydrogens (tertiary/aromatic N) is 4. The zero-order chi connectivity index (χ0) is 20.8. The van der Waals surface area contributed by atoms with Gasteiger partial charge in [0.15, 0.2) is 11.5 Å². The third-order valence-electron chi connectivity index (χ3n) is 7.09. The summed E-state index contributed by atoms with van der Waals surface area (Å²) in [5.41, 5.74) is 2.39. The summed E-state index contributed by atoms with van der Waals surface area (Å²) in [6, 6.07) is 8.34. The monoisotopic (exact) mass is 406 g/mol. The molecule has 0 spiro atoms. The summed E-state index contributed by atoms with van der Waals surface area (Å²) in [4.78, 5) is 37.4. The number of benzene rings is 1. The average Bonchev–Trinajstić information content (AvgIpc) is 3.25. The number of amides is 1. The molecule has 3 atom stereocenters. The van der Waals surface area contributed by atoms with Gasteiger partial charge in [-0.1, -0.05) is 30.7 Å². The number of anilines is 1. The van der Waals surface area contributed by atoms with Crippen molar-refractivity contribution in [1.82, 2.24) is 14.9 Å². The molecule has 7 nitrogen and oxygen atoms in total. The minimum atomic E-state index is -1.06. The van der Waals surface area contributed by atoms with Crippen molar-refractivity contribution in [3.05, 3.63) is 53.5 Å². The second-order valence-corrected chi connectivity index (χ2v) is 8.78. The smallest absolute Gasteiger partial charge is 0.358 e. The third-order valence-corrected chi connectivity index (χ3v) is 7.09. The highest BCUT2D eigenvalue weighted by Gasteiger charge is 2.51. The minimum Gasteiger partial charge on any atom is -0.476 e. The van der Waals surface area contributed by atoms with Gasteiger partial charge in [0.05, 0.1) is 6.04 Å². The van der Waals surface area contributed by atoms with E-state index < -0.39 is 5.97 Å². The molecule has 0 bridgehead atoms. The topological polar surface area (TPSA) is 86.6 Å². The Labute approximate surface area is 175 Å². The molecule has 5 rings (SSSR count). The number of carbonyl (C=O) groups excluding carboxylic acids is 1. The van der Waals surface area contributed by atoms with Gasteiger partial charge in [0.2, 0.25) is 5.91 Å². The molecule has 1 N–H and O–H groups in total. The maximum absolute atomic E-state index is 13.3. The Morgan fingerprint density at radius 1 is 1.07 bits per heavy atom. The van der Waals surface area contributed by atoms with Crippen molar-refractivity contribution in [1.29, 1.82) is 0 Å². The zero-order valence-electron chi connectivity index (χ0n) is 17.1. The van der Waals surface area contributed by atoms with Crippen molar-refractivity contribution >= 4 is 17.7 Å². The van der Waals surface area contributed by atoms with Gasteiger partial charge in [-0.15, -0.1) is 0 Å². The molecular weight excluding hydrogens is 380 g/mol. The number of hydrogen-bond donors (Lipinski definition) is 1. The largest absolute Gasteiger partial charge is 0.476 e. The first-order valence-corrected chi connectivity index (χ1v) is 10.7. The molecule has 3 heterocycles. The highest BCUT2D eigenvalue weighted by molar-refractivity contribution is 5.91. The van der Waals surface area contributed by atoms with Crippen molar-refractivity contribution in [3.63, 3.8) is 0 Å². The second kappa shape index (κ2) is 7.38. The first-order valence-electron chi connectivity index (χ1n) is 10.7. The fraction of sp³-hybridized carbons (Fsp3) is 0.478. The molecule has 3 aliphatic rings. The van der Waals surface area contributed by atoms with Gasteiger partial charge in [-0.25, -0.2) is 14.8 Å². The molecule has 1 amide bonds. The Balaban J connectivity index is 1.48. The lowest BCUT2D eigenvalue weighted by molar-refractivity contribution is -0.139. The van der Waals surface area contributed by atoms with Crippen LogP contribution in [0.4, 0.5) is 5.82 Å². The molecule has 156 valence electrons. The van der Waals surface area contributed by atoms with Gasteiger partial charge >= 0.3 is 5.97 Å². The Morgan fingerprint density at radius 2 is 1.83 bits per heavy atom. The first kappa shape index (κ1) is 19.0. The second-order valence-electron chi connectivity index (χ2n) is 8.78. The summed E-state index contributed by atoms with van der Waals surface area (Å²) in [6.07, 6.45) is 6.10. The fourth-order valence-corrected chi connectivity index (χ4v) is 5.36. The van der Waals surface area contributed by atoms with Gasteiger partial charge in [-0.05, 0) is 30.9 Å². The van der Waals surface area contributed by atoms with E-state index in [2.05, 4.69) is 33.9 Å². The number of carboxylic acids is 1. The third kappa shape index (κ3) is 3.04. The van der Waals surface area contributed by atoms with Crippen molar-refractivity contribution in [2.45, 2.75) is 32.2 Å². The zero-order valence-corrected chi connectivity index (χ0v) is 17.1. The van der Waals surface area contributed by atoms with Crippen molar-refractivity contribution in [2.75, 3.05) is 24.5 Å². The molecule has 2 aromatic rings. The Kier molecular flexibility index (Phi) is 4.68. The standard InChI is InChI=1S/C23H26N4O3/c1-14-5-2-3-8-17(14)20-18-13-26(21-19(23(29)30)24-9-10-25-21)11-16(18)12-27(20)22(28)15-6-4-7-15/h2-3,5,8-10,15-16,18,20H,4,6-7,11-13H2,1H3,(H,29,30)/t16-,18-,20-/m0/s1. The number of carboxylic acid groups (broad SMARTS) is 1. The predicted molar refractivity (Wildman–Crippen MR) is 111 cm³/mol. The normalized spacial score (nSPS) is 25.8. The average molecular weight is 406 g/mol. The quantitative estimate of drug-likeness (QED) is 0.840. The maximum Gasteiger partial charge on any atom is 0.358 e. The van der Waals surface area contributed by atoms with Gasteiger partial charge in [0.25, 0.3) is 0 Å². The summed E-state index contributed by atoms with van der Waals surface area (Å²) < 4.78 is 0. The van der Waals surface area contributed by atoms with Crippen LogP contribution in [0.1, 0.15) is 46.9 Å². The number of carbonyl (C=O) groups is 2. The number of aromatic nitrogens is 2. The fourth-order valence-electron chi connectivity index (χ4n) is 5.36. The van der Waals surface area contributed by atoms with Gasteiger partial charge in [-0.3, -0.25) is 4.79 Å². The molecule has 30 heavy (non-hydrogen) atoms. The number of hydrogen-bond acceptors (Lipinski definition) is 5. The van der Waals surface area contributed by atoms with Crippen LogP contribution in [-0.4, -0.2) is 51.5 Å². The van der Waals surface area contributed by atoms with Crippen LogP contribution >= 0.6 is 0 Å². The Morgan fingerprint density at radius 3 is 2.53 bits per heavy atom. The lowest BCUT2D eigenvalue weighted by atomic mass is 9.83. The summed E-state index contributed by atoms with van der Waals surface area (Å²) in [5, 5.41) is 9.52. The SMILES string of the molecule is Cc1ccccc1[C@H]1[C@H]2CN(c3nccnc3C(=O)O)C[C@H]2CN1C(=O)C1CCC1. The van der Waals surface area contributed by atoms with E-state index in [9.17, 15) is 14.7 Å². The van der Waals surface area contributed by atoms with Crippen molar-refractivity contribution < 1.29 is 14.7 Å².